The van der Waals surface area contributed by atoms with Crippen LogP contribution in [-0.4, -0.2) is 21.4 Å². The highest BCUT2D eigenvalue weighted by Crippen LogP contribution is 2.26. The normalized spacial score (nSPS) is 11.1. The summed E-state index contributed by atoms with van der Waals surface area (Å²) in [6.07, 6.45) is 0.127. The van der Waals surface area contributed by atoms with Gasteiger partial charge in [-0.3, -0.25) is 4.79 Å². The zero-order valence-electron chi connectivity index (χ0n) is 16.1. The number of benzene rings is 3. The Morgan fingerprint density at radius 2 is 1.52 bits per heavy atom. The van der Waals surface area contributed by atoms with E-state index >= 15 is 0 Å². The molecule has 6 nitrogen and oxygen atoms in total. The van der Waals surface area contributed by atoms with Crippen molar-refractivity contribution >= 4 is 27.3 Å². The molecular weight excluding hydrogens is 386 g/mol. The van der Waals surface area contributed by atoms with Crippen molar-refractivity contribution in [3.63, 3.8) is 0 Å². The lowest BCUT2D eigenvalue weighted by Gasteiger charge is -2.23. The number of carbonyl (C=O) groups is 1. The zero-order chi connectivity index (χ0) is 20.9. The third-order valence-corrected chi connectivity index (χ3v) is 5.40. The van der Waals surface area contributed by atoms with Crippen LogP contribution in [0.25, 0.3) is 0 Å². The Balaban J connectivity index is 1.69. The molecule has 3 aromatic carbocycles. The van der Waals surface area contributed by atoms with Crippen LogP contribution in [0.1, 0.15) is 11.1 Å². The SMILES string of the molecule is CN(Cc1ccccc1)c1ccccc1NC(=O)Cc1ccc(S(N)(=O)=O)cc1. The van der Waals surface area contributed by atoms with Gasteiger partial charge < -0.3 is 10.2 Å². The summed E-state index contributed by atoms with van der Waals surface area (Å²) in [6, 6.07) is 23.7. The molecule has 3 rings (SSSR count). The van der Waals surface area contributed by atoms with E-state index in [-0.39, 0.29) is 17.2 Å². The lowest BCUT2D eigenvalue weighted by molar-refractivity contribution is -0.115. The van der Waals surface area contributed by atoms with Crippen molar-refractivity contribution in [1.82, 2.24) is 0 Å². The van der Waals surface area contributed by atoms with Gasteiger partial charge >= 0.3 is 0 Å². The smallest absolute Gasteiger partial charge is 0.238 e. The number of nitrogens with two attached hydrogens (primary N) is 1. The Hall–Kier alpha value is -3.16. The van der Waals surface area contributed by atoms with Crippen LogP contribution < -0.4 is 15.4 Å². The first-order valence-corrected chi connectivity index (χ1v) is 10.6. The third kappa shape index (κ3) is 5.66. The minimum atomic E-state index is -3.74. The van der Waals surface area contributed by atoms with Gasteiger partial charge in [-0.05, 0) is 35.4 Å². The number of primary sulfonamides is 1. The number of carbonyl (C=O) groups excluding carboxylic acids is 1. The van der Waals surface area contributed by atoms with Crippen LogP contribution in [0.4, 0.5) is 11.4 Å². The molecule has 0 heterocycles. The molecule has 0 saturated heterocycles. The Morgan fingerprint density at radius 3 is 2.17 bits per heavy atom. The standard InChI is InChI=1S/C22H23N3O3S/c1-25(16-18-7-3-2-4-8-18)21-10-6-5-9-20(21)24-22(26)15-17-11-13-19(14-12-17)29(23,27)28/h2-14H,15-16H2,1H3,(H,24,26)(H2,23,27,28). The van der Waals surface area contributed by atoms with Crippen molar-refractivity contribution in [2.75, 3.05) is 17.3 Å². The number of amides is 1. The summed E-state index contributed by atoms with van der Waals surface area (Å²) in [7, 11) is -1.77. The second-order valence-electron chi connectivity index (χ2n) is 6.77. The van der Waals surface area contributed by atoms with Gasteiger partial charge in [-0.15, -0.1) is 0 Å². The second-order valence-corrected chi connectivity index (χ2v) is 8.33. The number of nitrogens with one attached hydrogen (secondary N) is 1. The number of para-hydroxylation sites is 2. The maximum absolute atomic E-state index is 12.5. The van der Waals surface area contributed by atoms with E-state index in [0.717, 1.165) is 11.4 Å². The number of rotatable bonds is 7. The maximum Gasteiger partial charge on any atom is 0.238 e. The number of anilines is 2. The molecule has 29 heavy (non-hydrogen) atoms. The Morgan fingerprint density at radius 1 is 0.897 bits per heavy atom. The highest BCUT2D eigenvalue weighted by atomic mass is 32.2. The molecule has 3 N–H and O–H groups in total. The van der Waals surface area contributed by atoms with Gasteiger partial charge in [0.2, 0.25) is 15.9 Å². The van der Waals surface area contributed by atoms with E-state index in [1.54, 1.807) is 12.1 Å². The van der Waals surface area contributed by atoms with Crippen LogP contribution in [-0.2, 0) is 27.8 Å². The van der Waals surface area contributed by atoms with Crippen LogP contribution in [0.3, 0.4) is 0 Å². The molecule has 150 valence electrons. The van der Waals surface area contributed by atoms with Gasteiger partial charge in [0, 0.05) is 13.6 Å². The average Bonchev–Trinajstić information content (AvgIpc) is 2.69. The zero-order valence-corrected chi connectivity index (χ0v) is 16.9. The maximum atomic E-state index is 12.5. The van der Waals surface area contributed by atoms with E-state index in [2.05, 4.69) is 22.3 Å². The first-order valence-electron chi connectivity index (χ1n) is 9.08. The number of hydrogen-bond donors (Lipinski definition) is 2. The molecule has 0 radical (unpaired) electrons. The van der Waals surface area contributed by atoms with Gasteiger partial charge in [-0.25, -0.2) is 13.6 Å². The molecule has 0 aliphatic heterocycles. The first kappa shape index (κ1) is 20.6. The molecule has 0 bridgehead atoms. The minimum Gasteiger partial charge on any atom is -0.369 e. The fourth-order valence-electron chi connectivity index (χ4n) is 3.03. The van der Waals surface area contributed by atoms with Gasteiger partial charge in [0.1, 0.15) is 0 Å². The van der Waals surface area contributed by atoms with Crippen LogP contribution in [0.5, 0.6) is 0 Å². The van der Waals surface area contributed by atoms with E-state index in [1.807, 2.05) is 49.5 Å². The fourth-order valence-corrected chi connectivity index (χ4v) is 3.55. The molecule has 0 unspecified atom stereocenters. The molecular formula is C22H23N3O3S. The molecule has 7 heteroatoms. The molecule has 0 aliphatic rings. The second kappa shape index (κ2) is 8.89. The van der Waals surface area contributed by atoms with Crippen molar-refractivity contribution in [3.8, 4) is 0 Å². The summed E-state index contributed by atoms with van der Waals surface area (Å²) in [6.45, 7) is 0.711. The number of hydrogen-bond acceptors (Lipinski definition) is 4. The van der Waals surface area contributed by atoms with Crippen LogP contribution in [0.15, 0.2) is 83.8 Å². The monoisotopic (exact) mass is 409 g/mol. The van der Waals surface area contributed by atoms with Gasteiger partial charge in [-0.2, -0.15) is 0 Å². The van der Waals surface area contributed by atoms with E-state index in [4.69, 9.17) is 5.14 Å². The molecule has 0 saturated carbocycles. The highest BCUT2D eigenvalue weighted by molar-refractivity contribution is 7.89. The molecule has 0 spiro atoms. The summed E-state index contributed by atoms with van der Waals surface area (Å²) in [5.74, 6) is -0.186. The topological polar surface area (TPSA) is 92.5 Å². The van der Waals surface area contributed by atoms with Crippen molar-refractivity contribution in [2.45, 2.75) is 17.9 Å². The number of sulfonamides is 1. The Bertz CT molecular complexity index is 1080. The molecule has 1 amide bonds. The third-order valence-electron chi connectivity index (χ3n) is 4.47. The molecule has 0 fully saturated rings. The van der Waals surface area contributed by atoms with Gasteiger partial charge in [0.05, 0.1) is 22.7 Å². The molecule has 0 atom stereocenters. The van der Waals surface area contributed by atoms with E-state index < -0.39 is 10.0 Å². The van der Waals surface area contributed by atoms with E-state index in [1.165, 1.54) is 17.7 Å². The molecule has 0 aromatic heterocycles. The summed E-state index contributed by atoms with van der Waals surface area (Å²) < 4.78 is 22.7. The molecule has 3 aromatic rings. The lowest BCUT2D eigenvalue weighted by Crippen LogP contribution is -2.21. The molecule has 0 aliphatic carbocycles. The summed E-state index contributed by atoms with van der Waals surface area (Å²) >= 11 is 0. The van der Waals surface area contributed by atoms with Crippen LogP contribution >= 0.6 is 0 Å². The van der Waals surface area contributed by atoms with Gasteiger partial charge in [-0.1, -0.05) is 54.6 Å². The van der Waals surface area contributed by atoms with Crippen molar-refractivity contribution in [3.05, 3.63) is 90.0 Å². The Labute approximate surface area is 171 Å². The van der Waals surface area contributed by atoms with Crippen molar-refractivity contribution < 1.29 is 13.2 Å². The average molecular weight is 410 g/mol. The van der Waals surface area contributed by atoms with E-state index in [9.17, 15) is 13.2 Å². The minimum absolute atomic E-state index is 0.0227. The van der Waals surface area contributed by atoms with Crippen molar-refractivity contribution in [1.29, 1.82) is 0 Å². The summed E-state index contributed by atoms with van der Waals surface area (Å²) in [5, 5.41) is 8.05. The van der Waals surface area contributed by atoms with Gasteiger partial charge in [0.15, 0.2) is 0 Å². The number of nitrogens with zero attached hydrogens (tertiary/aromatic N) is 1. The quantitative estimate of drug-likeness (QED) is 0.627. The van der Waals surface area contributed by atoms with Crippen LogP contribution in [0.2, 0.25) is 0 Å². The lowest BCUT2D eigenvalue weighted by atomic mass is 10.1. The fraction of sp³-hybridized carbons (Fsp3) is 0.136. The summed E-state index contributed by atoms with van der Waals surface area (Å²) in [4.78, 5) is 14.6. The summed E-state index contributed by atoms with van der Waals surface area (Å²) in [5.41, 5.74) is 3.50. The largest absolute Gasteiger partial charge is 0.369 e. The van der Waals surface area contributed by atoms with Crippen LogP contribution in [0, 0.1) is 0 Å². The highest BCUT2D eigenvalue weighted by Gasteiger charge is 2.12. The first-order chi connectivity index (χ1) is 13.8. The Kier molecular flexibility index (Phi) is 6.31. The van der Waals surface area contributed by atoms with Gasteiger partial charge in [0.25, 0.3) is 0 Å². The van der Waals surface area contributed by atoms with E-state index in [0.29, 0.717) is 12.1 Å². The predicted octanol–water partition coefficient (Wildman–Crippen LogP) is 3.15. The predicted molar refractivity (Wildman–Crippen MR) is 115 cm³/mol. The van der Waals surface area contributed by atoms with Crippen molar-refractivity contribution in [2.24, 2.45) is 5.14 Å².